The lowest BCUT2D eigenvalue weighted by molar-refractivity contribution is 0.163. The van der Waals surface area contributed by atoms with E-state index >= 15 is 0 Å². The average molecular weight is 305 g/mol. The second-order valence-corrected chi connectivity index (χ2v) is 6.51. The molecule has 0 atom stereocenters. The van der Waals surface area contributed by atoms with Crippen LogP contribution >= 0.6 is 0 Å². The van der Waals surface area contributed by atoms with Gasteiger partial charge in [-0.2, -0.15) is 0 Å². The third kappa shape index (κ3) is 4.71. The summed E-state index contributed by atoms with van der Waals surface area (Å²) in [4.78, 5) is 14.1. The van der Waals surface area contributed by atoms with E-state index in [1.54, 1.807) is 0 Å². The Hall–Kier alpha value is -1.59. The van der Waals surface area contributed by atoms with Crippen LogP contribution in [-0.2, 0) is 13.1 Å². The third-order valence-corrected chi connectivity index (χ3v) is 4.22. The van der Waals surface area contributed by atoms with Gasteiger partial charge in [-0.25, -0.2) is 4.79 Å². The number of rotatable bonds is 6. The van der Waals surface area contributed by atoms with Crippen molar-refractivity contribution in [1.29, 1.82) is 0 Å². The molecule has 1 aromatic carbocycles. The van der Waals surface area contributed by atoms with Crippen molar-refractivity contribution in [2.75, 3.05) is 20.7 Å². The molecule has 2 amide bonds. The molecule has 3 N–H and O–H groups in total. The molecule has 0 radical (unpaired) electrons. The van der Waals surface area contributed by atoms with Gasteiger partial charge in [0.15, 0.2) is 0 Å². The zero-order valence-corrected chi connectivity index (χ0v) is 13.6. The molecule has 5 nitrogen and oxygen atoms in total. The van der Waals surface area contributed by atoms with Crippen LogP contribution in [0.2, 0.25) is 0 Å². The molecule has 1 aliphatic carbocycles. The van der Waals surface area contributed by atoms with E-state index in [0.29, 0.717) is 6.54 Å². The van der Waals surface area contributed by atoms with Gasteiger partial charge in [-0.3, -0.25) is 0 Å². The predicted octanol–water partition coefficient (Wildman–Crippen LogP) is 1.85. The quantitative estimate of drug-likeness (QED) is 0.751. The van der Waals surface area contributed by atoms with Crippen LogP contribution in [0, 0.1) is 0 Å². The van der Waals surface area contributed by atoms with E-state index in [1.165, 1.54) is 5.56 Å². The van der Waals surface area contributed by atoms with Crippen LogP contribution in [0.4, 0.5) is 4.79 Å². The second-order valence-electron chi connectivity index (χ2n) is 6.51. The van der Waals surface area contributed by atoms with E-state index in [0.717, 1.165) is 37.8 Å². The summed E-state index contributed by atoms with van der Waals surface area (Å²) >= 11 is 0. The fourth-order valence-corrected chi connectivity index (χ4v) is 2.97. The van der Waals surface area contributed by atoms with Crippen LogP contribution in [0.5, 0.6) is 0 Å². The van der Waals surface area contributed by atoms with Crippen molar-refractivity contribution in [3.8, 4) is 0 Å². The Kier molecular flexibility index (Phi) is 5.80. The topological polar surface area (TPSA) is 64.6 Å². The summed E-state index contributed by atoms with van der Waals surface area (Å²) < 4.78 is 0. The molecular formula is C17H27N3O2. The van der Waals surface area contributed by atoms with Crippen molar-refractivity contribution in [2.24, 2.45) is 0 Å². The lowest BCUT2D eigenvalue weighted by atomic mass is 9.99. The third-order valence-electron chi connectivity index (χ3n) is 4.22. The number of nitrogens with one attached hydrogen (secondary N) is 2. The number of carbonyl (C=O) groups is 1. The fourth-order valence-electron chi connectivity index (χ4n) is 2.97. The van der Waals surface area contributed by atoms with E-state index in [9.17, 15) is 9.90 Å². The Morgan fingerprint density at radius 2 is 1.77 bits per heavy atom. The zero-order valence-electron chi connectivity index (χ0n) is 13.6. The molecule has 0 aliphatic heterocycles. The average Bonchev–Trinajstić information content (AvgIpc) is 2.95. The summed E-state index contributed by atoms with van der Waals surface area (Å²) in [6.07, 6.45) is 3.84. The summed E-state index contributed by atoms with van der Waals surface area (Å²) in [6, 6.07) is 8.04. The van der Waals surface area contributed by atoms with Crippen molar-refractivity contribution >= 4 is 6.03 Å². The molecule has 1 fully saturated rings. The molecular weight excluding hydrogens is 278 g/mol. The molecule has 0 bridgehead atoms. The number of carbonyl (C=O) groups excluding carboxylic acids is 1. The zero-order chi connectivity index (χ0) is 16.0. The second kappa shape index (κ2) is 7.61. The minimum Gasteiger partial charge on any atom is -0.394 e. The van der Waals surface area contributed by atoms with Gasteiger partial charge < -0.3 is 20.6 Å². The molecule has 0 saturated heterocycles. The molecule has 22 heavy (non-hydrogen) atoms. The molecule has 0 spiro atoms. The van der Waals surface area contributed by atoms with Crippen LogP contribution in [-0.4, -0.2) is 42.3 Å². The Balaban J connectivity index is 1.80. The molecule has 0 aromatic heterocycles. The maximum Gasteiger partial charge on any atom is 0.315 e. The number of hydrogen-bond donors (Lipinski definition) is 3. The monoisotopic (exact) mass is 305 g/mol. The smallest absolute Gasteiger partial charge is 0.315 e. The van der Waals surface area contributed by atoms with Crippen LogP contribution in [0.1, 0.15) is 36.8 Å². The van der Waals surface area contributed by atoms with Gasteiger partial charge in [0.2, 0.25) is 0 Å². The van der Waals surface area contributed by atoms with Gasteiger partial charge in [0.05, 0.1) is 12.1 Å². The van der Waals surface area contributed by atoms with E-state index in [2.05, 4.69) is 27.7 Å². The van der Waals surface area contributed by atoms with E-state index in [1.807, 2.05) is 26.2 Å². The van der Waals surface area contributed by atoms with Crippen molar-refractivity contribution in [3.05, 3.63) is 35.4 Å². The molecule has 5 heteroatoms. The van der Waals surface area contributed by atoms with Crippen LogP contribution < -0.4 is 10.6 Å². The predicted molar refractivity (Wildman–Crippen MR) is 87.5 cm³/mol. The fraction of sp³-hybridized carbons (Fsp3) is 0.588. The van der Waals surface area contributed by atoms with Gasteiger partial charge in [0, 0.05) is 13.1 Å². The minimum absolute atomic E-state index is 0.0135. The van der Waals surface area contributed by atoms with Crippen molar-refractivity contribution in [3.63, 3.8) is 0 Å². The highest BCUT2D eigenvalue weighted by Gasteiger charge is 2.34. The molecule has 1 saturated carbocycles. The number of hydrogen-bond acceptors (Lipinski definition) is 3. The molecule has 122 valence electrons. The molecule has 0 heterocycles. The maximum absolute atomic E-state index is 12.0. The van der Waals surface area contributed by atoms with Gasteiger partial charge in [0.1, 0.15) is 0 Å². The van der Waals surface area contributed by atoms with Crippen LogP contribution in [0.15, 0.2) is 24.3 Å². The number of aliphatic hydroxyl groups is 1. The summed E-state index contributed by atoms with van der Waals surface area (Å²) in [5.41, 5.74) is 1.91. The normalized spacial score (nSPS) is 16.7. The summed E-state index contributed by atoms with van der Waals surface area (Å²) in [5.74, 6) is 0. The molecule has 1 aromatic rings. The van der Waals surface area contributed by atoms with Crippen molar-refractivity contribution in [1.82, 2.24) is 15.5 Å². The first-order valence-electron chi connectivity index (χ1n) is 7.92. The van der Waals surface area contributed by atoms with Gasteiger partial charge >= 0.3 is 6.03 Å². The van der Waals surface area contributed by atoms with Crippen LogP contribution in [0.25, 0.3) is 0 Å². The minimum atomic E-state index is -0.417. The number of aliphatic hydroxyl groups excluding tert-OH is 1. The number of nitrogens with zero attached hydrogens (tertiary/aromatic N) is 1. The molecule has 1 aliphatic rings. The molecule has 2 rings (SSSR count). The Morgan fingerprint density at radius 1 is 1.18 bits per heavy atom. The van der Waals surface area contributed by atoms with Crippen molar-refractivity contribution < 1.29 is 9.90 Å². The highest BCUT2D eigenvalue weighted by atomic mass is 16.3. The lowest BCUT2D eigenvalue weighted by Crippen LogP contribution is -2.52. The first-order chi connectivity index (χ1) is 10.5. The Labute approximate surface area is 132 Å². The number of benzene rings is 1. The first kappa shape index (κ1) is 16.8. The van der Waals surface area contributed by atoms with Gasteiger partial charge in [-0.05, 0) is 38.1 Å². The lowest BCUT2D eigenvalue weighted by Gasteiger charge is -2.28. The Morgan fingerprint density at radius 3 is 2.32 bits per heavy atom. The SMILES string of the molecule is CN(C)Cc1ccc(CNC(=O)NC2(CO)CCCC2)cc1. The van der Waals surface area contributed by atoms with Gasteiger partial charge in [-0.1, -0.05) is 37.1 Å². The maximum atomic E-state index is 12.0. The standard InChI is InChI=1S/C17H27N3O2/c1-20(2)12-15-7-5-14(6-8-15)11-18-16(22)19-17(13-21)9-3-4-10-17/h5-8,21H,3-4,9-13H2,1-2H3,(H2,18,19,22). The van der Waals surface area contributed by atoms with Gasteiger partial charge in [0.25, 0.3) is 0 Å². The van der Waals surface area contributed by atoms with E-state index in [-0.39, 0.29) is 12.6 Å². The van der Waals surface area contributed by atoms with E-state index in [4.69, 9.17) is 0 Å². The highest BCUT2D eigenvalue weighted by Crippen LogP contribution is 2.28. The molecule has 0 unspecified atom stereocenters. The summed E-state index contributed by atoms with van der Waals surface area (Å²) in [6.45, 7) is 1.42. The number of urea groups is 1. The summed E-state index contributed by atoms with van der Waals surface area (Å²) in [7, 11) is 4.08. The van der Waals surface area contributed by atoms with Crippen LogP contribution in [0.3, 0.4) is 0 Å². The first-order valence-corrected chi connectivity index (χ1v) is 7.92. The van der Waals surface area contributed by atoms with Crippen molar-refractivity contribution in [2.45, 2.75) is 44.3 Å². The van der Waals surface area contributed by atoms with Gasteiger partial charge in [-0.15, -0.1) is 0 Å². The van der Waals surface area contributed by atoms with E-state index < -0.39 is 5.54 Å². The highest BCUT2D eigenvalue weighted by molar-refractivity contribution is 5.74. The Bertz CT molecular complexity index is 479. The summed E-state index contributed by atoms with van der Waals surface area (Å²) in [5, 5.41) is 15.3. The largest absolute Gasteiger partial charge is 0.394 e. The number of amides is 2.